The predicted octanol–water partition coefficient (Wildman–Crippen LogP) is 0.825. The third-order valence-electron chi connectivity index (χ3n) is 2.41. The minimum absolute atomic E-state index is 0.0810. The minimum atomic E-state index is -1.05. The summed E-state index contributed by atoms with van der Waals surface area (Å²) >= 11 is 1.28. The van der Waals surface area contributed by atoms with Crippen molar-refractivity contribution in [2.45, 2.75) is 50.2 Å². The molecule has 0 aromatic heterocycles. The van der Waals surface area contributed by atoms with Crippen LogP contribution in [-0.2, 0) is 9.59 Å². The largest absolute Gasteiger partial charge is 0.480 e. The zero-order valence-electron chi connectivity index (χ0n) is 10.8. The summed E-state index contributed by atoms with van der Waals surface area (Å²) in [6, 6.07) is -0.992. The Labute approximate surface area is 107 Å². The van der Waals surface area contributed by atoms with Crippen molar-refractivity contribution in [1.29, 1.82) is 0 Å². The van der Waals surface area contributed by atoms with Crippen LogP contribution in [0.1, 0.15) is 34.1 Å². The number of hydrogen-bond donors (Lipinski definition) is 3. The Bertz CT molecular complexity index is 282. The maximum Gasteiger partial charge on any atom is 0.321 e. The van der Waals surface area contributed by atoms with E-state index in [1.807, 2.05) is 6.92 Å². The van der Waals surface area contributed by atoms with Crippen LogP contribution in [0.3, 0.4) is 0 Å². The van der Waals surface area contributed by atoms with Crippen LogP contribution in [0, 0.1) is 0 Å². The molecule has 100 valence electrons. The second-order valence-corrected chi connectivity index (χ2v) is 6.47. The van der Waals surface area contributed by atoms with Gasteiger partial charge in [-0.15, -0.1) is 11.8 Å². The van der Waals surface area contributed by atoms with E-state index in [1.165, 1.54) is 11.8 Å². The summed E-state index contributed by atoms with van der Waals surface area (Å²) in [7, 11) is 0. The van der Waals surface area contributed by atoms with E-state index in [-0.39, 0.29) is 11.2 Å². The Morgan fingerprint density at radius 2 is 2.00 bits per heavy atom. The first-order chi connectivity index (χ1) is 7.72. The lowest BCUT2D eigenvalue weighted by atomic mass is 10.1. The quantitative estimate of drug-likeness (QED) is 0.632. The summed E-state index contributed by atoms with van der Waals surface area (Å²) in [5, 5.41) is 11.3. The number of aliphatic carboxylic acids is 1. The molecular weight excluding hydrogens is 240 g/mol. The highest BCUT2D eigenvalue weighted by atomic mass is 32.2. The second-order valence-electron chi connectivity index (χ2n) is 4.47. The molecule has 0 aromatic rings. The van der Waals surface area contributed by atoms with Gasteiger partial charge in [0, 0.05) is 11.3 Å². The third kappa shape index (κ3) is 5.41. The molecule has 0 aliphatic heterocycles. The van der Waals surface area contributed by atoms with Crippen molar-refractivity contribution >= 4 is 23.6 Å². The normalized spacial score (nSPS) is 15.1. The van der Waals surface area contributed by atoms with Crippen molar-refractivity contribution in [3.05, 3.63) is 0 Å². The van der Waals surface area contributed by atoms with E-state index in [2.05, 4.69) is 5.32 Å². The smallest absolute Gasteiger partial charge is 0.321 e. The molecule has 5 nitrogen and oxygen atoms in total. The Morgan fingerprint density at radius 3 is 2.41 bits per heavy atom. The van der Waals surface area contributed by atoms with Gasteiger partial charge in [-0.2, -0.15) is 0 Å². The van der Waals surface area contributed by atoms with Gasteiger partial charge in [0.1, 0.15) is 6.04 Å². The summed E-state index contributed by atoms with van der Waals surface area (Å²) in [6.07, 6.45) is 0.876. The first kappa shape index (κ1) is 16.2. The third-order valence-corrected chi connectivity index (χ3v) is 3.84. The Morgan fingerprint density at radius 1 is 1.47 bits per heavy atom. The lowest BCUT2D eigenvalue weighted by molar-refractivity contribution is -0.139. The molecule has 0 saturated carbocycles. The molecule has 0 aliphatic carbocycles. The average Bonchev–Trinajstić information content (AvgIpc) is 2.23. The first-order valence-corrected chi connectivity index (χ1v) is 6.54. The number of hydrogen-bond acceptors (Lipinski definition) is 4. The molecule has 2 atom stereocenters. The average molecular weight is 262 g/mol. The molecule has 1 amide bonds. The molecule has 0 fully saturated rings. The van der Waals surface area contributed by atoms with Crippen molar-refractivity contribution in [1.82, 2.24) is 5.32 Å². The number of rotatable bonds is 7. The highest BCUT2D eigenvalue weighted by molar-refractivity contribution is 8.02. The number of amides is 1. The monoisotopic (exact) mass is 262 g/mol. The van der Waals surface area contributed by atoms with Gasteiger partial charge >= 0.3 is 5.97 Å². The van der Waals surface area contributed by atoms with E-state index in [1.54, 1.807) is 20.8 Å². The lowest BCUT2D eigenvalue weighted by Gasteiger charge is -2.30. The van der Waals surface area contributed by atoms with Crippen LogP contribution >= 0.6 is 11.8 Å². The highest BCUT2D eigenvalue weighted by Gasteiger charge is 2.35. The van der Waals surface area contributed by atoms with Crippen LogP contribution in [0.2, 0.25) is 0 Å². The molecule has 0 aliphatic rings. The fourth-order valence-electron chi connectivity index (χ4n) is 1.27. The Balaban J connectivity index is 4.40. The van der Waals surface area contributed by atoms with Gasteiger partial charge in [-0.1, -0.05) is 6.92 Å². The number of carboxylic acids is 1. The number of nitrogens with two attached hydrogens (primary N) is 1. The van der Waals surface area contributed by atoms with Gasteiger partial charge in [0.2, 0.25) is 5.91 Å². The van der Waals surface area contributed by atoms with Crippen LogP contribution < -0.4 is 11.1 Å². The minimum Gasteiger partial charge on any atom is -0.480 e. The van der Waals surface area contributed by atoms with Crippen LogP contribution in [0.25, 0.3) is 0 Å². The molecule has 0 saturated heterocycles. The zero-order valence-corrected chi connectivity index (χ0v) is 11.6. The maximum absolute atomic E-state index is 11.7. The number of carboxylic acid groups (broad SMARTS) is 1. The summed E-state index contributed by atoms with van der Waals surface area (Å²) < 4.78 is -0.686. The summed E-state index contributed by atoms with van der Waals surface area (Å²) in [5.41, 5.74) is 5.59. The molecular formula is C11H22N2O3S. The van der Waals surface area contributed by atoms with Gasteiger partial charge in [0.05, 0.1) is 5.25 Å². The first-order valence-electron chi connectivity index (χ1n) is 5.66. The summed E-state index contributed by atoms with van der Waals surface area (Å²) in [5.74, 6) is -1.13. The molecule has 0 bridgehead atoms. The van der Waals surface area contributed by atoms with E-state index >= 15 is 0 Å². The van der Waals surface area contributed by atoms with E-state index in [0.717, 1.165) is 6.42 Å². The predicted molar refractivity (Wildman–Crippen MR) is 70.0 cm³/mol. The number of carbonyl (C=O) groups excluding carboxylic acids is 1. The molecule has 17 heavy (non-hydrogen) atoms. The van der Waals surface area contributed by atoms with E-state index < -0.39 is 16.8 Å². The molecule has 4 N–H and O–H groups in total. The van der Waals surface area contributed by atoms with Gasteiger partial charge < -0.3 is 16.2 Å². The van der Waals surface area contributed by atoms with E-state index in [4.69, 9.17) is 10.8 Å². The highest BCUT2D eigenvalue weighted by Crippen LogP contribution is 2.31. The standard InChI is InChI=1S/C11H22N2O3S/c1-5-6-13-9(14)7(2)17-11(3,4)8(12)10(15)16/h7-8H,5-6,12H2,1-4H3,(H,13,14)(H,15,16)/t7?,8-/m1/s1. The Kier molecular flexibility index (Phi) is 6.56. The molecule has 0 aromatic carbocycles. The molecule has 0 heterocycles. The molecule has 0 radical (unpaired) electrons. The molecule has 0 rings (SSSR count). The van der Waals surface area contributed by atoms with Crippen LogP contribution in [0.15, 0.2) is 0 Å². The van der Waals surface area contributed by atoms with E-state index in [0.29, 0.717) is 6.54 Å². The SMILES string of the molecule is CCCNC(=O)C(C)SC(C)(C)[C@H](N)C(=O)O. The van der Waals surface area contributed by atoms with Crippen molar-refractivity contribution in [2.24, 2.45) is 5.73 Å². The molecule has 0 spiro atoms. The molecule has 6 heteroatoms. The van der Waals surface area contributed by atoms with Crippen molar-refractivity contribution in [3.63, 3.8) is 0 Å². The Hall–Kier alpha value is -0.750. The number of carbonyl (C=O) groups is 2. The van der Waals surface area contributed by atoms with Gasteiger partial charge in [-0.05, 0) is 27.2 Å². The number of thioether (sulfide) groups is 1. The fourth-order valence-corrected chi connectivity index (χ4v) is 2.62. The van der Waals surface area contributed by atoms with Crippen molar-refractivity contribution in [3.8, 4) is 0 Å². The van der Waals surface area contributed by atoms with Gasteiger partial charge in [-0.3, -0.25) is 9.59 Å². The van der Waals surface area contributed by atoms with Gasteiger partial charge in [0.15, 0.2) is 0 Å². The molecule has 1 unspecified atom stereocenters. The maximum atomic E-state index is 11.7. The van der Waals surface area contributed by atoms with Gasteiger partial charge in [0.25, 0.3) is 0 Å². The fraction of sp³-hybridized carbons (Fsp3) is 0.818. The topological polar surface area (TPSA) is 92.4 Å². The second kappa shape index (κ2) is 6.86. The van der Waals surface area contributed by atoms with E-state index in [9.17, 15) is 9.59 Å². The lowest BCUT2D eigenvalue weighted by Crippen LogP contribution is -2.48. The summed E-state index contributed by atoms with van der Waals surface area (Å²) in [4.78, 5) is 22.5. The summed E-state index contributed by atoms with van der Waals surface area (Å²) in [6.45, 7) is 7.84. The van der Waals surface area contributed by atoms with Crippen LogP contribution in [0.5, 0.6) is 0 Å². The van der Waals surface area contributed by atoms with Crippen molar-refractivity contribution in [2.75, 3.05) is 6.54 Å². The van der Waals surface area contributed by atoms with Gasteiger partial charge in [-0.25, -0.2) is 0 Å². The van der Waals surface area contributed by atoms with Crippen molar-refractivity contribution < 1.29 is 14.7 Å². The van der Waals surface area contributed by atoms with Crippen LogP contribution in [-0.4, -0.2) is 39.6 Å². The van der Waals surface area contributed by atoms with Crippen LogP contribution in [0.4, 0.5) is 0 Å². The number of nitrogens with one attached hydrogen (secondary N) is 1. The zero-order chi connectivity index (χ0) is 13.6.